The van der Waals surface area contributed by atoms with Crippen LogP contribution in [0.1, 0.15) is 32.1 Å². The Balaban J connectivity index is 1.86. The Bertz CT molecular complexity index is 488. The van der Waals surface area contributed by atoms with Crippen LogP contribution in [0.3, 0.4) is 0 Å². The van der Waals surface area contributed by atoms with Crippen molar-refractivity contribution in [3.05, 3.63) is 29.6 Å². The number of carbonyl (C=O) groups is 1. The van der Waals surface area contributed by atoms with Gasteiger partial charge in [0.05, 0.1) is 12.2 Å². The van der Waals surface area contributed by atoms with E-state index in [9.17, 15) is 18.0 Å². The third kappa shape index (κ3) is 3.72. The number of halogens is 3. The van der Waals surface area contributed by atoms with Gasteiger partial charge < -0.3 is 10.6 Å². The average Bonchev–Trinajstić information content (AvgIpc) is 2.47. The zero-order valence-corrected chi connectivity index (χ0v) is 11.0. The van der Waals surface area contributed by atoms with Gasteiger partial charge in [0, 0.05) is 6.04 Å². The van der Waals surface area contributed by atoms with E-state index in [1.165, 1.54) is 6.42 Å². The van der Waals surface area contributed by atoms with E-state index >= 15 is 0 Å². The van der Waals surface area contributed by atoms with Gasteiger partial charge in [0.15, 0.2) is 17.5 Å². The number of amides is 1. The second-order valence-corrected chi connectivity index (χ2v) is 4.99. The fourth-order valence-electron chi connectivity index (χ4n) is 2.36. The summed E-state index contributed by atoms with van der Waals surface area (Å²) in [6.45, 7) is 0.0309. The van der Waals surface area contributed by atoms with Crippen LogP contribution in [0.25, 0.3) is 0 Å². The molecule has 2 N–H and O–H groups in total. The van der Waals surface area contributed by atoms with Crippen LogP contribution in [0, 0.1) is 17.5 Å². The van der Waals surface area contributed by atoms with Crippen molar-refractivity contribution in [1.29, 1.82) is 0 Å². The van der Waals surface area contributed by atoms with Crippen LogP contribution in [-0.2, 0) is 4.79 Å². The fourth-order valence-corrected chi connectivity index (χ4v) is 2.36. The molecule has 1 aromatic carbocycles. The highest BCUT2D eigenvalue weighted by atomic mass is 19.2. The molecule has 1 amide bonds. The second kappa shape index (κ2) is 6.74. The third-order valence-electron chi connectivity index (χ3n) is 3.47. The second-order valence-electron chi connectivity index (χ2n) is 4.99. The van der Waals surface area contributed by atoms with Crippen LogP contribution < -0.4 is 10.6 Å². The quantitative estimate of drug-likeness (QED) is 0.836. The maximum absolute atomic E-state index is 13.4. The van der Waals surface area contributed by atoms with Crippen LogP contribution in [0.4, 0.5) is 18.9 Å². The van der Waals surface area contributed by atoms with E-state index in [1.807, 2.05) is 0 Å². The summed E-state index contributed by atoms with van der Waals surface area (Å²) in [5.41, 5.74) is -0.348. The smallest absolute Gasteiger partial charge is 0.238 e. The molecule has 0 aromatic heterocycles. The molecule has 3 nitrogen and oxygen atoms in total. The topological polar surface area (TPSA) is 41.1 Å². The Morgan fingerprint density at radius 1 is 1.10 bits per heavy atom. The number of hydrogen-bond donors (Lipinski definition) is 2. The molecule has 0 saturated heterocycles. The largest absolute Gasteiger partial charge is 0.322 e. The summed E-state index contributed by atoms with van der Waals surface area (Å²) in [5, 5.41) is 5.32. The molecule has 1 aliphatic carbocycles. The molecule has 0 aliphatic heterocycles. The van der Waals surface area contributed by atoms with Crippen molar-refractivity contribution in [3.8, 4) is 0 Å². The Morgan fingerprint density at radius 2 is 1.80 bits per heavy atom. The number of nitrogens with one attached hydrogen (secondary N) is 2. The van der Waals surface area contributed by atoms with E-state index in [-0.39, 0.29) is 12.2 Å². The Hall–Kier alpha value is -1.56. The lowest BCUT2D eigenvalue weighted by Gasteiger charge is -2.22. The standard InChI is InChI=1S/C14H17F3N2O/c15-10-6-7-11(14(17)13(10)16)19-12(20)8-18-9-4-2-1-3-5-9/h6-7,9,18H,1-5,8H2,(H,19,20). The fraction of sp³-hybridized carbons (Fsp3) is 0.500. The normalized spacial score (nSPS) is 16.1. The minimum atomic E-state index is -1.58. The highest BCUT2D eigenvalue weighted by Crippen LogP contribution is 2.20. The highest BCUT2D eigenvalue weighted by molar-refractivity contribution is 5.92. The molecule has 6 heteroatoms. The first-order chi connectivity index (χ1) is 9.58. The van der Waals surface area contributed by atoms with Gasteiger partial charge >= 0.3 is 0 Å². The maximum Gasteiger partial charge on any atom is 0.238 e. The molecule has 110 valence electrons. The van der Waals surface area contributed by atoms with E-state index in [0.29, 0.717) is 6.04 Å². The molecule has 1 fully saturated rings. The first-order valence-corrected chi connectivity index (χ1v) is 6.74. The summed E-state index contributed by atoms with van der Waals surface area (Å²) in [6, 6.07) is 2.08. The van der Waals surface area contributed by atoms with Crippen LogP contribution in [0.2, 0.25) is 0 Å². The van der Waals surface area contributed by atoms with E-state index in [1.54, 1.807) is 0 Å². The number of carbonyl (C=O) groups excluding carboxylic acids is 1. The SMILES string of the molecule is O=C(CNC1CCCCC1)Nc1ccc(F)c(F)c1F. The summed E-state index contributed by atoms with van der Waals surface area (Å²) in [4.78, 5) is 11.6. The van der Waals surface area contributed by atoms with Crippen LogP contribution in [0.15, 0.2) is 12.1 Å². The van der Waals surface area contributed by atoms with Gasteiger partial charge in [0.1, 0.15) is 0 Å². The van der Waals surface area contributed by atoms with Gasteiger partial charge in [-0.05, 0) is 25.0 Å². The van der Waals surface area contributed by atoms with Crippen molar-refractivity contribution in [1.82, 2.24) is 5.32 Å². The van der Waals surface area contributed by atoms with Crippen molar-refractivity contribution in [3.63, 3.8) is 0 Å². The summed E-state index contributed by atoms with van der Waals surface area (Å²) in [7, 11) is 0. The Morgan fingerprint density at radius 3 is 2.50 bits per heavy atom. The van der Waals surface area contributed by atoms with Crippen LogP contribution in [0.5, 0.6) is 0 Å². The monoisotopic (exact) mass is 286 g/mol. The molecule has 1 aromatic rings. The number of rotatable bonds is 4. The molecular weight excluding hydrogens is 269 g/mol. The summed E-state index contributed by atoms with van der Waals surface area (Å²) < 4.78 is 39.1. The molecule has 0 radical (unpaired) electrons. The number of anilines is 1. The minimum absolute atomic E-state index is 0.0309. The Kier molecular flexibility index (Phi) is 5.00. The van der Waals surface area contributed by atoms with Crippen LogP contribution in [-0.4, -0.2) is 18.5 Å². The third-order valence-corrected chi connectivity index (χ3v) is 3.47. The summed E-state index contributed by atoms with van der Waals surface area (Å²) in [6.07, 6.45) is 5.53. The maximum atomic E-state index is 13.4. The first kappa shape index (κ1) is 14.8. The minimum Gasteiger partial charge on any atom is -0.322 e. The molecule has 1 aliphatic rings. The molecule has 0 atom stereocenters. The van der Waals surface area contributed by atoms with Gasteiger partial charge in [-0.3, -0.25) is 4.79 Å². The van der Waals surface area contributed by atoms with E-state index in [2.05, 4.69) is 10.6 Å². The molecule has 2 rings (SSSR count). The summed E-state index contributed by atoms with van der Waals surface area (Å²) in [5.74, 6) is -4.71. The molecule has 20 heavy (non-hydrogen) atoms. The van der Waals surface area contributed by atoms with Crippen LogP contribution >= 0.6 is 0 Å². The van der Waals surface area contributed by atoms with Crippen molar-refractivity contribution in [2.75, 3.05) is 11.9 Å². The summed E-state index contributed by atoms with van der Waals surface area (Å²) >= 11 is 0. The van der Waals surface area contributed by atoms with Gasteiger partial charge in [-0.25, -0.2) is 13.2 Å². The molecule has 0 unspecified atom stereocenters. The molecule has 1 saturated carbocycles. The molecular formula is C14H17F3N2O. The van der Waals surface area contributed by atoms with E-state index in [4.69, 9.17) is 0 Å². The highest BCUT2D eigenvalue weighted by Gasteiger charge is 2.17. The lowest BCUT2D eigenvalue weighted by molar-refractivity contribution is -0.115. The van der Waals surface area contributed by atoms with Gasteiger partial charge in [0.25, 0.3) is 0 Å². The van der Waals surface area contributed by atoms with Gasteiger partial charge in [-0.1, -0.05) is 19.3 Å². The van der Waals surface area contributed by atoms with Gasteiger partial charge in [-0.15, -0.1) is 0 Å². The lowest BCUT2D eigenvalue weighted by Crippen LogP contribution is -2.37. The Labute approximate surface area is 115 Å². The van der Waals surface area contributed by atoms with Crippen molar-refractivity contribution < 1.29 is 18.0 Å². The molecule has 0 bridgehead atoms. The predicted molar refractivity (Wildman–Crippen MR) is 69.8 cm³/mol. The van der Waals surface area contributed by atoms with Crippen molar-refractivity contribution in [2.24, 2.45) is 0 Å². The lowest BCUT2D eigenvalue weighted by atomic mass is 9.95. The van der Waals surface area contributed by atoms with Crippen molar-refractivity contribution >= 4 is 11.6 Å². The number of benzene rings is 1. The van der Waals surface area contributed by atoms with E-state index in [0.717, 1.165) is 37.8 Å². The average molecular weight is 286 g/mol. The molecule has 0 spiro atoms. The predicted octanol–water partition coefficient (Wildman–Crippen LogP) is 2.96. The zero-order valence-electron chi connectivity index (χ0n) is 11.0. The first-order valence-electron chi connectivity index (χ1n) is 6.74. The van der Waals surface area contributed by atoms with E-state index < -0.39 is 23.4 Å². The van der Waals surface area contributed by atoms with Gasteiger partial charge in [-0.2, -0.15) is 0 Å². The molecule has 0 heterocycles. The zero-order chi connectivity index (χ0) is 14.5. The van der Waals surface area contributed by atoms with Crippen molar-refractivity contribution in [2.45, 2.75) is 38.1 Å². The van der Waals surface area contributed by atoms with Gasteiger partial charge in [0.2, 0.25) is 5.91 Å². The number of hydrogen-bond acceptors (Lipinski definition) is 2.